The molecule has 0 spiro atoms. The molecule has 1 aliphatic carbocycles. The number of nitrogens with zero attached hydrogens (tertiary/aromatic N) is 1. The van der Waals surface area contributed by atoms with Gasteiger partial charge in [-0.1, -0.05) is 72.8 Å². The summed E-state index contributed by atoms with van der Waals surface area (Å²) < 4.78 is 13.2. The monoisotopic (exact) mass is 514 g/mol. The number of benzene rings is 3. The molecule has 2 fully saturated rings. The number of primary amides is 1. The number of halogens is 1. The molecule has 1 saturated heterocycles. The van der Waals surface area contributed by atoms with Gasteiger partial charge in [0.15, 0.2) is 0 Å². The first-order valence-electron chi connectivity index (χ1n) is 13.4. The summed E-state index contributed by atoms with van der Waals surface area (Å²) in [5.41, 5.74) is 7.67. The standard InChI is InChI=1S/C31H35FN4O2/c32-27-13-11-23(12-14-27)15-18-34-28(37)31(25-9-5-2-6-10-25)21-26(31)22-36-19-16-30(17-20-36,35-29(33)38)24-7-3-1-4-8-24/h1-14,26H,15-22H2,(H,34,37)(H3,33,35,38)/t26-,31+/m0/s1. The van der Waals surface area contributed by atoms with Crippen molar-refractivity contribution in [2.24, 2.45) is 11.7 Å². The van der Waals surface area contributed by atoms with Crippen molar-refractivity contribution in [3.63, 3.8) is 0 Å². The Morgan fingerprint density at radius 2 is 1.50 bits per heavy atom. The molecule has 198 valence electrons. The van der Waals surface area contributed by atoms with Crippen molar-refractivity contribution in [3.8, 4) is 0 Å². The largest absolute Gasteiger partial charge is 0.355 e. The van der Waals surface area contributed by atoms with Crippen LogP contribution in [0.3, 0.4) is 0 Å². The molecule has 5 rings (SSSR count). The van der Waals surface area contributed by atoms with Crippen molar-refractivity contribution < 1.29 is 14.0 Å². The van der Waals surface area contributed by atoms with Gasteiger partial charge in [0.05, 0.1) is 11.0 Å². The second-order valence-electron chi connectivity index (χ2n) is 10.6. The van der Waals surface area contributed by atoms with Crippen LogP contribution >= 0.6 is 0 Å². The van der Waals surface area contributed by atoms with Crippen LogP contribution in [0.5, 0.6) is 0 Å². The SMILES string of the molecule is NC(=O)NC1(c2ccccc2)CCN(C[C@@H]2C[C@@]2(C(=O)NCCc2ccc(F)cc2)c2ccccc2)CC1. The highest BCUT2D eigenvalue weighted by Crippen LogP contribution is 2.55. The number of hydrogen-bond donors (Lipinski definition) is 3. The van der Waals surface area contributed by atoms with Gasteiger partial charge in [0, 0.05) is 26.2 Å². The molecule has 7 heteroatoms. The maximum Gasteiger partial charge on any atom is 0.312 e. The van der Waals surface area contributed by atoms with Gasteiger partial charge in [-0.15, -0.1) is 0 Å². The molecule has 1 heterocycles. The number of rotatable bonds is 9. The van der Waals surface area contributed by atoms with Crippen LogP contribution in [0, 0.1) is 11.7 Å². The van der Waals surface area contributed by atoms with E-state index in [0.29, 0.717) is 13.0 Å². The fourth-order valence-corrected chi connectivity index (χ4v) is 6.09. The van der Waals surface area contributed by atoms with Gasteiger partial charge >= 0.3 is 6.03 Å². The molecule has 2 atom stereocenters. The lowest BCUT2D eigenvalue weighted by Crippen LogP contribution is -2.54. The van der Waals surface area contributed by atoms with E-state index < -0.39 is 17.0 Å². The molecule has 1 saturated carbocycles. The molecular weight excluding hydrogens is 479 g/mol. The van der Waals surface area contributed by atoms with Crippen LogP contribution in [0.2, 0.25) is 0 Å². The van der Waals surface area contributed by atoms with Gasteiger partial charge in [-0.2, -0.15) is 0 Å². The van der Waals surface area contributed by atoms with E-state index in [-0.39, 0.29) is 17.6 Å². The van der Waals surface area contributed by atoms with Gasteiger partial charge in [-0.05, 0) is 60.4 Å². The Morgan fingerprint density at radius 3 is 2.11 bits per heavy atom. The van der Waals surface area contributed by atoms with Gasteiger partial charge in [-0.25, -0.2) is 9.18 Å². The number of nitrogens with one attached hydrogen (secondary N) is 2. The number of urea groups is 1. The van der Waals surface area contributed by atoms with Crippen molar-refractivity contribution in [3.05, 3.63) is 107 Å². The Bertz CT molecular complexity index is 1240. The molecular formula is C31H35FN4O2. The summed E-state index contributed by atoms with van der Waals surface area (Å²) in [6.07, 6.45) is 2.98. The maximum absolute atomic E-state index is 13.6. The third-order valence-electron chi connectivity index (χ3n) is 8.29. The third-order valence-corrected chi connectivity index (χ3v) is 8.29. The minimum atomic E-state index is -0.538. The lowest BCUT2D eigenvalue weighted by molar-refractivity contribution is -0.124. The van der Waals surface area contributed by atoms with Crippen molar-refractivity contribution in [2.45, 2.75) is 36.6 Å². The Morgan fingerprint density at radius 1 is 0.895 bits per heavy atom. The molecule has 6 nitrogen and oxygen atoms in total. The molecule has 2 aliphatic rings. The summed E-state index contributed by atoms with van der Waals surface area (Å²) in [7, 11) is 0. The molecule has 38 heavy (non-hydrogen) atoms. The predicted molar refractivity (Wildman–Crippen MR) is 146 cm³/mol. The number of nitrogens with two attached hydrogens (primary N) is 1. The Balaban J connectivity index is 1.24. The smallest absolute Gasteiger partial charge is 0.312 e. The summed E-state index contributed by atoms with van der Waals surface area (Å²) >= 11 is 0. The van der Waals surface area contributed by atoms with Crippen LogP contribution in [-0.4, -0.2) is 43.0 Å². The predicted octanol–water partition coefficient (Wildman–Crippen LogP) is 4.10. The Labute approximate surface area is 223 Å². The summed E-state index contributed by atoms with van der Waals surface area (Å²) in [5, 5.41) is 6.19. The van der Waals surface area contributed by atoms with E-state index in [0.717, 1.165) is 55.6 Å². The van der Waals surface area contributed by atoms with Gasteiger partial charge in [0.1, 0.15) is 5.82 Å². The number of carbonyl (C=O) groups is 2. The topological polar surface area (TPSA) is 87.5 Å². The third kappa shape index (κ3) is 5.43. The number of piperidine rings is 1. The fraction of sp³-hybridized carbons (Fsp3) is 0.355. The van der Waals surface area contributed by atoms with Crippen molar-refractivity contribution in [1.29, 1.82) is 0 Å². The zero-order chi connectivity index (χ0) is 26.6. The summed E-state index contributed by atoms with van der Waals surface area (Å²) in [4.78, 5) is 27.9. The summed E-state index contributed by atoms with van der Waals surface area (Å²) in [5.74, 6) is 0.0108. The second kappa shape index (κ2) is 11.0. The molecule has 3 aromatic carbocycles. The highest BCUT2D eigenvalue weighted by molar-refractivity contribution is 5.92. The minimum absolute atomic E-state index is 0.0573. The van der Waals surface area contributed by atoms with Gasteiger partial charge in [-0.3, -0.25) is 4.79 Å². The molecule has 0 bridgehead atoms. The van der Waals surface area contributed by atoms with Crippen molar-refractivity contribution in [2.75, 3.05) is 26.2 Å². The second-order valence-corrected chi connectivity index (χ2v) is 10.6. The molecule has 4 N–H and O–H groups in total. The zero-order valence-corrected chi connectivity index (χ0v) is 21.5. The molecule has 3 aromatic rings. The summed E-state index contributed by atoms with van der Waals surface area (Å²) in [6.45, 7) is 2.95. The molecule has 0 radical (unpaired) electrons. The van der Waals surface area contributed by atoms with Crippen molar-refractivity contribution in [1.82, 2.24) is 15.5 Å². The first kappa shape index (κ1) is 25.9. The summed E-state index contributed by atoms with van der Waals surface area (Å²) in [6, 6.07) is 26.0. The van der Waals surface area contributed by atoms with E-state index >= 15 is 0 Å². The molecule has 3 amide bonds. The lowest BCUT2D eigenvalue weighted by Gasteiger charge is -2.42. The number of carbonyl (C=O) groups excluding carboxylic acids is 2. The fourth-order valence-electron chi connectivity index (χ4n) is 6.09. The average molecular weight is 515 g/mol. The Kier molecular flexibility index (Phi) is 7.47. The van der Waals surface area contributed by atoms with Gasteiger partial charge in [0.2, 0.25) is 5.91 Å². The number of amides is 3. The lowest BCUT2D eigenvalue weighted by atomic mass is 9.80. The van der Waals surface area contributed by atoms with Crippen LogP contribution in [0.25, 0.3) is 0 Å². The van der Waals surface area contributed by atoms with Gasteiger partial charge < -0.3 is 21.3 Å². The van der Waals surface area contributed by atoms with Crippen LogP contribution in [0.15, 0.2) is 84.9 Å². The van der Waals surface area contributed by atoms with E-state index in [1.807, 2.05) is 60.7 Å². The first-order chi connectivity index (χ1) is 18.4. The van der Waals surface area contributed by atoms with Crippen LogP contribution in [0.1, 0.15) is 36.0 Å². The normalized spacial score (nSPS) is 22.4. The minimum Gasteiger partial charge on any atom is -0.355 e. The van der Waals surface area contributed by atoms with Crippen LogP contribution in [-0.2, 0) is 22.2 Å². The van der Waals surface area contributed by atoms with Crippen LogP contribution < -0.4 is 16.4 Å². The van der Waals surface area contributed by atoms with E-state index in [1.54, 1.807) is 12.1 Å². The molecule has 1 aliphatic heterocycles. The van der Waals surface area contributed by atoms with Crippen molar-refractivity contribution >= 4 is 11.9 Å². The van der Waals surface area contributed by atoms with E-state index in [2.05, 4.69) is 15.5 Å². The zero-order valence-electron chi connectivity index (χ0n) is 21.5. The van der Waals surface area contributed by atoms with E-state index in [4.69, 9.17) is 5.73 Å². The quantitative estimate of drug-likeness (QED) is 0.402. The van der Waals surface area contributed by atoms with Crippen LogP contribution in [0.4, 0.5) is 9.18 Å². The Hall–Kier alpha value is -3.71. The van der Waals surface area contributed by atoms with E-state index in [1.165, 1.54) is 12.1 Å². The maximum atomic E-state index is 13.6. The highest BCUT2D eigenvalue weighted by Gasteiger charge is 2.61. The average Bonchev–Trinajstić information content (AvgIpc) is 3.66. The molecule has 0 unspecified atom stereocenters. The number of likely N-dealkylation sites (tertiary alicyclic amines) is 1. The molecule has 0 aromatic heterocycles. The van der Waals surface area contributed by atoms with Gasteiger partial charge in [0.25, 0.3) is 0 Å². The first-order valence-corrected chi connectivity index (χ1v) is 13.4. The highest BCUT2D eigenvalue weighted by atomic mass is 19.1. The number of hydrogen-bond acceptors (Lipinski definition) is 3. The van der Waals surface area contributed by atoms with E-state index in [9.17, 15) is 14.0 Å².